The molecule has 1 aliphatic heterocycles. The molecule has 6 heteroatoms. The Hall–Kier alpha value is -3.15. The molecule has 0 aliphatic carbocycles. The Morgan fingerprint density at radius 1 is 1.17 bits per heavy atom. The highest BCUT2D eigenvalue weighted by Gasteiger charge is 2.19. The Balaban J connectivity index is 2.02. The minimum Gasteiger partial charge on any atom is -0.462 e. The number of cyclic esters (lactones) is 1. The summed E-state index contributed by atoms with van der Waals surface area (Å²) < 4.78 is 15.9. The molecule has 3 unspecified atom stereocenters. The molecule has 2 rings (SSSR count). The lowest BCUT2D eigenvalue weighted by Gasteiger charge is -2.21. The molecule has 3 atom stereocenters. The van der Waals surface area contributed by atoms with Crippen molar-refractivity contribution in [3.8, 4) is 0 Å². The van der Waals surface area contributed by atoms with E-state index in [1.54, 1.807) is 18.2 Å². The Morgan fingerprint density at radius 2 is 1.90 bits per heavy atom. The third-order valence-electron chi connectivity index (χ3n) is 4.09. The molecule has 154 valence electrons. The molecule has 0 saturated carbocycles. The van der Waals surface area contributed by atoms with Crippen LogP contribution >= 0.6 is 0 Å². The number of benzene rings is 1. The van der Waals surface area contributed by atoms with Gasteiger partial charge in [0.2, 0.25) is 0 Å². The average Bonchev–Trinajstić information content (AvgIpc) is 2.66. The zero-order valence-electron chi connectivity index (χ0n) is 16.7. The van der Waals surface area contributed by atoms with Crippen molar-refractivity contribution in [2.45, 2.75) is 51.4 Å². The first-order valence-electron chi connectivity index (χ1n) is 9.54. The average molecular weight is 398 g/mol. The van der Waals surface area contributed by atoms with Crippen LogP contribution in [0.5, 0.6) is 0 Å². The van der Waals surface area contributed by atoms with Crippen LogP contribution in [0.1, 0.15) is 38.7 Å². The van der Waals surface area contributed by atoms with Gasteiger partial charge in [-0.05, 0) is 17.7 Å². The normalized spacial score (nSPS) is 18.4. The third kappa shape index (κ3) is 9.06. The molecule has 29 heavy (non-hydrogen) atoms. The van der Waals surface area contributed by atoms with Gasteiger partial charge in [0.25, 0.3) is 0 Å². The van der Waals surface area contributed by atoms with Crippen LogP contribution in [0.15, 0.2) is 60.7 Å². The predicted octanol–water partition coefficient (Wildman–Crippen LogP) is 3.77. The molecule has 1 aliphatic rings. The highest BCUT2D eigenvalue weighted by Crippen LogP contribution is 2.16. The van der Waals surface area contributed by atoms with E-state index in [0.717, 1.165) is 5.56 Å². The number of carbonyl (C=O) groups is 3. The maximum Gasteiger partial charge on any atom is 0.331 e. The van der Waals surface area contributed by atoms with Gasteiger partial charge in [-0.25, -0.2) is 4.79 Å². The fourth-order valence-electron chi connectivity index (χ4n) is 2.88. The monoisotopic (exact) mass is 398 g/mol. The number of carbonyl (C=O) groups excluding carboxylic acids is 3. The molecule has 1 heterocycles. The second-order valence-electron chi connectivity index (χ2n) is 6.66. The van der Waals surface area contributed by atoms with Gasteiger partial charge in [-0.1, -0.05) is 48.6 Å². The van der Waals surface area contributed by atoms with Crippen molar-refractivity contribution in [3.63, 3.8) is 0 Å². The quantitative estimate of drug-likeness (QED) is 0.358. The fourth-order valence-corrected chi connectivity index (χ4v) is 2.88. The number of hydrogen-bond acceptors (Lipinski definition) is 6. The molecule has 0 bridgehead atoms. The molecule has 0 fully saturated rings. The maximum absolute atomic E-state index is 11.5. The zero-order chi connectivity index (χ0) is 21.1. The van der Waals surface area contributed by atoms with E-state index in [1.165, 1.54) is 19.9 Å². The minimum atomic E-state index is -0.541. The summed E-state index contributed by atoms with van der Waals surface area (Å²) in [5, 5.41) is 0. The van der Waals surface area contributed by atoms with E-state index >= 15 is 0 Å². The molecule has 1 aromatic rings. The number of hydrogen-bond donors (Lipinski definition) is 0. The fraction of sp³-hybridized carbons (Fsp3) is 0.348. The van der Waals surface area contributed by atoms with Crippen molar-refractivity contribution in [2.24, 2.45) is 0 Å². The number of esters is 3. The van der Waals surface area contributed by atoms with Crippen LogP contribution in [-0.2, 0) is 28.6 Å². The highest BCUT2D eigenvalue weighted by atomic mass is 16.6. The van der Waals surface area contributed by atoms with Gasteiger partial charge in [-0.2, -0.15) is 0 Å². The van der Waals surface area contributed by atoms with Crippen LogP contribution in [0, 0.1) is 0 Å². The molecule has 6 nitrogen and oxygen atoms in total. The summed E-state index contributed by atoms with van der Waals surface area (Å²) in [6, 6.07) is 9.63. The van der Waals surface area contributed by atoms with Crippen LogP contribution in [0.3, 0.4) is 0 Å². The molecule has 0 radical (unpaired) electrons. The lowest BCUT2D eigenvalue weighted by Crippen LogP contribution is -2.25. The van der Waals surface area contributed by atoms with E-state index in [1.807, 2.05) is 42.5 Å². The SMILES string of the molecule is CC(=O)OC(C=Cc1ccccc1)CC(CC=CC1CC=CC(=O)O1)OC(C)=O. The van der Waals surface area contributed by atoms with E-state index in [4.69, 9.17) is 14.2 Å². The third-order valence-corrected chi connectivity index (χ3v) is 4.09. The van der Waals surface area contributed by atoms with Gasteiger partial charge < -0.3 is 14.2 Å². The topological polar surface area (TPSA) is 78.9 Å². The summed E-state index contributed by atoms with van der Waals surface area (Å²) in [7, 11) is 0. The predicted molar refractivity (Wildman–Crippen MR) is 109 cm³/mol. The van der Waals surface area contributed by atoms with Gasteiger partial charge >= 0.3 is 17.9 Å². The van der Waals surface area contributed by atoms with E-state index in [9.17, 15) is 14.4 Å². The molecule has 0 saturated heterocycles. The lowest BCUT2D eigenvalue weighted by atomic mass is 10.1. The summed E-state index contributed by atoms with van der Waals surface area (Å²) in [6.07, 6.45) is 10.4. The number of ether oxygens (including phenoxy) is 3. The van der Waals surface area contributed by atoms with Crippen LogP contribution in [0.2, 0.25) is 0 Å². The summed E-state index contributed by atoms with van der Waals surface area (Å²) in [6.45, 7) is 2.68. The largest absolute Gasteiger partial charge is 0.462 e. The van der Waals surface area contributed by atoms with Gasteiger partial charge in [0.05, 0.1) is 0 Å². The van der Waals surface area contributed by atoms with Gasteiger partial charge in [0.15, 0.2) is 0 Å². The zero-order valence-corrected chi connectivity index (χ0v) is 16.7. The summed E-state index contributed by atoms with van der Waals surface area (Å²) in [5.74, 6) is -1.20. The van der Waals surface area contributed by atoms with Crippen molar-refractivity contribution in [1.29, 1.82) is 0 Å². The number of rotatable bonds is 9. The Bertz CT molecular complexity index is 778. The van der Waals surface area contributed by atoms with Gasteiger partial charge in [0, 0.05) is 39.2 Å². The second-order valence-corrected chi connectivity index (χ2v) is 6.66. The smallest absolute Gasteiger partial charge is 0.331 e. The Kier molecular flexibility index (Phi) is 8.89. The molecule has 1 aromatic carbocycles. The molecular formula is C23H26O6. The highest BCUT2D eigenvalue weighted by molar-refractivity contribution is 5.82. The van der Waals surface area contributed by atoms with Crippen molar-refractivity contribution in [2.75, 3.05) is 0 Å². The van der Waals surface area contributed by atoms with Gasteiger partial charge in [-0.3, -0.25) is 9.59 Å². The lowest BCUT2D eigenvalue weighted by molar-refractivity contribution is -0.150. The molecule has 0 amide bonds. The van der Waals surface area contributed by atoms with Crippen molar-refractivity contribution < 1.29 is 28.6 Å². The van der Waals surface area contributed by atoms with Crippen LogP contribution in [0.4, 0.5) is 0 Å². The Labute approximate surface area is 170 Å². The van der Waals surface area contributed by atoms with Gasteiger partial charge in [-0.15, -0.1) is 0 Å². The van der Waals surface area contributed by atoms with Crippen LogP contribution in [-0.4, -0.2) is 36.2 Å². The van der Waals surface area contributed by atoms with Crippen molar-refractivity contribution in [3.05, 3.63) is 66.3 Å². The van der Waals surface area contributed by atoms with E-state index < -0.39 is 24.1 Å². The molecule has 0 aromatic heterocycles. The molecule has 0 spiro atoms. The standard InChI is InChI=1S/C23H26O6/c1-17(24)27-21(12-6-10-20-11-7-13-23(26)29-20)16-22(28-18(2)25)15-14-19-8-4-3-5-9-19/h3-10,13-15,20-22H,11-12,16H2,1-2H3. The molecular weight excluding hydrogens is 372 g/mol. The van der Waals surface area contributed by atoms with E-state index in [0.29, 0.717) is 19.3 Å². The van der Waals surface area contributed by atoms with Crippen molar-refractivity contribution >= 4 is 24.0 Å². The molecule has 0 N–H and O–H groups in total. The first-order valence-corrected chi connectivity index (χ1v) is 9.54. The summed E-state index contributed by atoms with van der Waals surface area (Å²) in [5.41, 5.74) is 0.973. The van der Waals surface area contributed by atoms with Crippen LogP contribution < -0.4 is 0 Å². The minimum absolute atomic E-state index is 0.317. The first-order chi connectivity index (χ1) is 13.9. The Morgan fingerprint density at radius 3 is 2.55 bits per heavy atom. The maximum atomic E-state index is 11.5. The second kappa shape index (κ2) is 11.6. The van der Waals surface area contributed by atoms with E-state index in [-0.39, 0.29) is 12.1 Å². The van der Waals surface area contributed by atoms with E-state index in [2.05, 4.69) is 0 Å². The summed E-state index contributed by atoms with van der Waals surface area (Å²) >= 11 is 0. The van der Waals surface area contributed by atoms with Crippen molar-refractivity contribution in [1.82, 2.24) is 0 Å². The first kappa shape index (κ1) is 22.1. The van der Waals surface area contributed by atoms with Crippen LogP contribution in [0.25, 0.3) is 6.08 Å². The van der Waals surface area contributed by atoms with Gasteiger partial charge in [0.1, 0.15) is 18.3 Å². The summed E-state index contributed by atoms with van der Waals surface area (Å²) in [4.78, 5) is 34.3.